The second-order valence-corrected chi connectivity index (χ2v) is 8.38. The zero-order valence-corrected chi connectivity index (χ0v) is 17.1. The zero-order valence-electron chi connectivity index (χ0n) is 14.5. The molecule has 0 N–H and O–H groups in total. The van der Waals surface area contributed by atoms with E-state index in [1.807, 2.05) is 20.8 Å². The first-order chi connectivity index (χ1) is 11.7. The van der Waals surface area contributed by atoms with Gasteiger partial charge in [0.15, 0.2) is 0 Å². The second kappa shape index (κ2) is 9.49. The lowest BCUT2D eigenvalue weighted by atomic mass is 10.0. The highest BCUT2D eigenvalue weighted by atomic mass is 79.9. The average molecular weight is 409 g/mol. The summed E-state index contributed by atoms with van der Waals surface area (Å²) in [7, 11) is -2.82. The highest BCUT2D eigenvalue weighted by Gasteiger charge is 2.43. The molecule has 3 nitrogen and oxygen atoms in total. The number of hydrogen-bond acceptors (Lipinski definition) is 3. The first kappa shape index (κ1) is 19.3. The monoisotopic (exact) mass is 408 g/mol. The van der Waals surface area contributed by atoms with Crippen molar-refractivity contribution in [3.8, 4) is 11.1 Å². The van der Waals surface area contributed by atoms with E-state index in [2.05, 4.69) is 64.5 Å². The van der Waals surface area contributed by atoms with Crippen LogP contribution < -0.4 is 5.19 Å². The van der Waals surface area contributed by atoms with Crippen LogP contribution in [0.2, 0.25) is 0 Å². The lowest BCUT2D eigenvalue weighted by Crippen LogP contribution is -2.56. The first-order valence-corrected chi connectivity index (χ1v) is 11.2. The van der Waals surface area contributed by atoms with Crippen molar-refractivity contribution in [1.82, 2.24) is 0 Å². The van der Waals surface area contributed by atoms with Crippen LogP contribution in [-0.2, 0) is 18.6 Å². The molecule has 0 heterocycles. The molecule has 0 saturated heterocycles. The molecule has 2 rings (SSSR count). The molecule has 5 heteroatoms. The van der Waals surface area contributed by atoms with E-state index in [-0.39, 0.29) is 0 Å². The number of benzene rings is 2. The van der Waals surface area contributed by atoms with E-state index in [0.717, 1.165) is 10.5 Å². The van der Waals surface area contributed by atoms with E-state index >= 15 is 0 Å². The smallest absolute Gasteiger partial charge is 0.370 e. The fourth-order valence-corrected chi connectivity index (χ4v) is 5.44. The fraction of sp³-hybridized carbons (Fsp3) is 0.368. The van der Waals surface area contributed by atoms with Crippen molar-refractivity contribution in [2.75, 3.05) is 19.8 Å². The molecule has 2 aromatic rings. The van der Waals surface area contributed by atoms with Gasteiger partial charge >= 0.3 is 8.80 Å². The highest BCUT2D eigenvalue weighted by Crippen LogP contribution is 2.21. The molecule has 0 amide bonds. The van der Waals surface area contributed by atoms with Crippen LogP contribution in [0, 0.1) is 0 Å². The molecule has 0 atom stereocenters. The Balaban J connectivity index is 2.30. The van der Waals surface area contributed by atoms with Crippen LogP contribution in [0.15, 0.2) is 48.5 Å². The van der Waals surface area contributed by atoms with Crippen LogP contribution in [0.5, 0.6) is 0 Å². The van der Waals surface area contributed by atoms with Crippen LogP contribution in [-0.4, -0.2) is 28.6 Å². The fourth-order valence-electron chi connectivity index (χ4n) is 2.60. The Morgan fingerprint density at radius 1 is 0.708 bits per heavy atom. The van der Waals surface area contributed by atoms with Gasteiger partial charge in [-0.2, -0.15) is 0 Å². The predicted molar refractivity (Wildman–Crippen MR) is 105 cm³/mol. The lowest BCUT2D eigenvalue weighted by Gasteiger charge is -2.28. The van der Waals surface area contributed by atoms with Gasteiger partial charge < -0.3 is 13.3 Å². The molecule has 0 unspecified atom stereocenters. The molecule has 0 radical (unpaired) electrons. The van der Waals surface area contributed by atoms with Crippen molar-refractivity contribution in [1.29, 1.82) is 0 Å². The Labute approximate surface area is 154 Å². The molecule has 0 aliphatic heterocycles. The quantitative estimate of drug-likeness (QED) is 0.451. The topological polar surface area (TPSA) is 27.7 Å². The van der Waals surface area contributed by atoms with Gasteiger partial charge in [-0.3, -0.25) is 0 Å². The molecular weight excluding hydrogens is 384 g/mol. The third kappa shape index (κ3) is 4.55. The van der Waals surface area contributed by atoms with E-state index in [0.29, 0.717) is 19.8 Å². The standard InChI is InChI=1S/C19H25BrO3Si/c1-4-21-24(22-5-2,23-6-3)19-13-11-18(12-14-19)17-9-7-16(15-20)8-10-17/h7-14H,4-6,15H2,1-3H3. The van der Waals surface area contributed by atoms with Crippen molar-refractivity contribution in [2.24, 2.45) is 0 Å². The van der Waals surface area contributed by atoms with E-state index < -0.39 is 8.80 Å². The van der Waals surface area contributed by atoms with Crippen LogP contribution in [0.1, 0.15) is 26.3 Å². The summed E-state index contributed by atoms with van der Waals surface area (Å²) in [5.41, 5.74) is 3.64. The Bertz CT molecular complexity index is 596. The van der Waals surface area contributed by atoms with Crippen LogP contribution in [0.4, 0.5) is 0 Å². The van der Waals surface area contributed by atoms with E-state index in [4.69, 9.17) is 13.3 Å². The van der Waals surface area contributed by atoms with E-state index in [1.54, 1.807) is 0 Å². The van der Waals surface area contributed by atoms with E-state index in [9.17, 15) is 0 Å². The zero-order chi connectivity index (χ0) is 17.4. The molecule has 0 spiro atoms. The Morgan fingerprint density at radius 2 is 1.12 bits per heavy atom. The summed E-state index contributed by atoms with van der Waals surface area (Å²) >= 11 is 3.48. The SMILES string of the molecule is CCO[Si](OCC)(OCC)c1ccc(-c2ccc(CBr)cc2)cc1. The highest BCUT2D eigenvalue weighted by molar-refractivity contribution is 9.08. The summed E-state index contributed by atoms with van der Waals surface area (Å²) in [5, 5.41) is 1.88. The maximum absolute atomic E-state index is 5.96. The van der Waals surface area contributed by atoms with Gasteiger partial charge in [0, 0.05) is 30.3 Å². The first-order valence-electron chi connectivity index (χ1n) is 8.36. The van der Waals surface area contributed by atoms with Crippen molar-refractivity contribution < 1.29 is 13.3 Å². The maximum Gasteiger partial charge on any atom is 0.537 e. The molecule has 2 aromatic carbocycles. The van der Waals surface area contributed by atoms with Crippen molar-refractivity contribution in [2.45, 2.75) is 26.1 Å². The van der Waals surface area contributed by atoms with Gasteiger partial charge in [0.2, 0.25) is 0 Å². The lowest BCUT2D eigenvalue weighted by molar-refractivity contribution is 0.0859. The molecule has 130 valence electrons. The van der Waals surface area contributed by atoms with Crippen LogP contribution in [0.25, 0.3) is 11.1 Å². The minimum absolute atomic E-state index is 0.571. The maximum atomic E-state index is 5.96. The van der Waals surface area contributed by atoms with Gasteiger partial charge in [0.1, 0.15) is 0 Å². The summed E-state index contributed by atoms with van der Waals surface area (Å²) in [6.45, 7) is 7.63. The minimum Gasteiger partial charge on any atom is -0.370 e. The summed E-state index contributed by atoms with van der Waals surface area (Å²) in [4.78, 5) is 0. The second-order valence-electron chi connectivity index (χ2n) is 5.26. The molecule has 0 fully saturated rings. The Hall–Kier alpha value is -0.983. The predicted octanol–water partition coefficient (Wildman–Crippen LogP) is 4.50. The number of rotatable bonds is 9. The summed E-state index contributed by atoms with van der Waals surface area (Å²) < 4.78 is 17.9. The van der Waals surface area contributed by atoms with Crippen molar-refractivity contribution in [3.05, 3.63) is 54.1 Å². The minimum atomic E-state index is -2.82. The van der Waals surface area contributed by atoms with Crippen LogP contribution in [0.3, 0.4) is 0 Å². The third-order valence-electron chi connectivity index (χ3n) is 3.68. The summed E-state index contributed by atoms with van der Waals surface area (Å²) in [6.07, 6.45) is 0. The van der Waals surface area contributed by atoms with E-state index in [1.165, 1.54) is 16.7 Å². The molecule has 0 saturated carbocycles. The Kier molecular flexibility index (Phi) is 7.65. The van der Waals surface area contributed by atoms with Gasteiger partial charge in [-0.05, 0) is 37.5 Å². The van der Waals surface area contributed by atoms with Crippen molar-refractivity contribution >= 4 is 29.9 Å². The number of halogens is 1. The molecule has 0 bridgehead atoms. The van der Waals surface area contributed by atoms with Gasteiger partial charge in [0.05, 0.1) is 0 Å². The Morgan fingerprint density at radius 3 is 1.50 bits per heavy atom. The number of hydrogen-bond donors (Lipinski definition) is 0. The normalized spacial score (nSPS) is 11.7. The molecule has 24 heavy (non-hydrogen) atoms. The average Bonchev–Trinajstić information content (AvgIpc) is 2.62. The number of alkyl halides is 1. The molecular formula is C19H25BrO3Si. The summed E-state index contributed by atoms with van der Waals surface area (Å²) in [5.74, 6) is 0. The van der Waals surface area contributed by atoms with Gasteiger partial charge in [-0.25, -0.2) is 0 Å². The summed E-state index contributed by atoms with van der Waals surface area (Å²) in [6, 6.07) is 16.9. The van der Waals surface area contributed by atoms with Crippen LogP contribution >= 0.6 is 15.9 Å². The van der Waals surface area contributed by atoms with Crippen molar-refractivity contribution in [3.63, 3.8) is 0 Å². The largest absolute Gasteiger partial charge is 0.537 e. The molecule has 0 aliphatic carbocycles. The molecule has 0 aromatic heterocycles. The van der Waals surface area contributed by atoms with Gasteiger partial charge in [-0.1, -0.05) is 64.5 Å². The van der Waals surface area contributed by atoms with Gasteiger partial charge in [0.25, 0.3) is 0 Å². The van der Waals surface area contributed by atoms with Gasteiger partial charge in [-0.15, -0.1) is 0 Å². The molecule has 0 aliphatic rings. The third-order valence-corrected chi connectivity index (χ3v) is 7.38.